The smallest absolute Gasteiger partial charge is 0.269 e. The number of nitro groups is 1. The Balaban J connectivity index is 1.56. The average Bonchev–Trinajstić information content (AvgIpc) is 3.36. The Morgan fingerprint density at radius 3 is 2.37 bits per heavy atom. The van der Waals surface area contributed by atoms with E-state index in [0.717, 1.165) is 19.5 Å². The number of thioether (sulfide) groups is 1. The van der Waals surface area contributed by atoms with Gasteiger partial charge in [-0.2, -0.15) is 4.52 Å². The van der Waals surface area contributed by atoms with E-state index in [2.05, 4.69) is 18.9 Å². The minimum absolute atomic E-state index is 0.0161. The van der Waals surface area contributed by atoms with Gasteiger partial charge in [-0.15, -0.1) is 5.10 Å². The second-order valence-electron chi connectivity index (χ2n) is 9.63. The summed E-state index contributed by atoms with van der Waals surface area (Å²) >= 11 is 1.30. The van der Waals surface area contributed by atoms with Gasteiger partial charge in [0, 0.05) is 42.2 Å². The fraction of sp³-hybridized carbons (Fsp3) is 0.385. The maximum Gasteiger partial charge on any atom is 0.269 e. The SMILES string of the molecule is COc1cc2nc(SCC(=O)N3C[C@H](C)C[C@@H](C)C3)n3nc(-c4ccc([N+](=O)[O-])cc4)nc3c2cc1OC. The molecule has 11 nitrogen and oxygen atoms in total. The van der Waals surface area contributed by atoms with Crippen molar-refractivity contribution in [3.63, 3.8) is 0 Å². The number of hydrogen-bond donors (Lipinski definition) is 0. The highest BCUT2D eigenvalue weighted by molar-refractivity contribution is 7.99. The second-order valence-corrected chi connectivity index (χ2v) is 10.6. The maximum absolute atomic E-state index is 13.1. The first kappa shape index (κ1) is 25.7. The summed E-state index contributed by atoms with van der Waals surface area (Å²) in [5, 5.41) is 17.0. The molecular weight excluding hydrogens is 508 g/mol. The van der Waals surface area contributed by atoms with Crippen molar-refractivity contribution in [2.45, 2.75) is 25.4 Å². The molecule has 38 heavy (non-hydrogen) atoms. The summed E-state index contributed by atoms with van der Waals surface area (Å²) in [7, 11) is 3.11. The first-order chi connectivity index (χ1) is 18.3. The van der Waals surface area contributed by atoms with Gasteiger partial charge in [0.05, 0.1) is 30.4 Å². The number of aromatic nitrogens is 4. The lowest BCUT2D eigenvalue weighted by Gasteiger charge is -2.34. The summed E-state index contributed by atoms with van der Waals surface area (Å²) in [6, 6.07) is 9.62. The molecule has 0 unspecified atom stereocenters. The second kappa shape index (κ2) is 10.4. The molecule has 3 heterocycles. The molecule has 2 aromatic carbocycles. The highest BCUT2D eigenvalue weighted by atomic mass is 32.2. The van der Waals surface area contributed by atoms with Crippen molar-refractivity contribution in [1.29, 1.82) is 0 Å². The van der Waals surface area contributed by atoms with Crippen LogP contribution in [0.25, 0.3) is 27.9 Å². The summed E-state index contributed by atoms with van der Waals surface area (Å²) < 4.78 is 12.6. The van der Waals surface area contributed by atoms with E-state index in [1.165, 1.54) is 23.9 Å². The number of benzene rings is 2. The van der Waals surface area contributed by atoms with Crippen molar-refractivity contribution in [1.82, 2.24) is 24.5 Å². The normalized spacial score (nSPS) is 17.6. The molecule has 1 aliphatic heterocycles. The fourth-order valence-corrected chi connectivity index (χ4v) is 5.79. The van der Waals surface area contributed by atoms with Gasteiger partial charge < -0.3 is 14.4 Å². The Labute approximate surface area is 223 Å². The Kier molecular flexibility index (Phi) is 7.06. The minimum atomic E-state index is -0.451. The van der Waals surface area contributed by atoms with Gasteiger partial charge in [0.1, 0.15) is 0 Å². The van der Waals surface area contributed by atoms with Crippen LogP contribution in [0.3, 0.4) is 0 Å². The largest absolute Gasteiger partial charge is 0.493 e. The van der Waals surface area contributed by atoms with Crippen LogP contribution in [0.2, 0.25) is 0 Å². The summed E-state index contributed by atoms with van der Waals surface area (Å²) in [4.78, 5) is 35.2. The molecule has 0 spiro atoms. The van der Waals surface area contributed by atoms with E-state index in [-0.39, 0.29) is 17.3 Å². The van der Waals surface area contributed by atoms with Gasteiger partial charge in [0.2, 0.25) is 5.91 Å². The molecule has 1 fully saturated rings. The number of piperidine rings is 1. The molecule has 0 aliphatic carbocycles. The number of likely N-dealkylation sites (tertiary alicyclic amines) is 1. The molecule has 1 saturated heterocycles. The Hall–Kier alpha value is -3.93. The molecule has 0 radical (unpaired) electrons. The van der Waals surface area contributed by atoms with Crippen molar-refractivity contribution in [3.05, 3.63) is 46.5 Å². The van der Waals surface area contributed by atoms with Gasteiger partial charge in [-0.1, -0.05) is 25.6 Å². The standard InChI is InChI=1S/C26H28N6O5S/c1-15-9-16(2)13-30(12-15)23(33)14-38-26-27-20-11-22(37-4)21(36-3)10-19(20)25-28-24(29-31(25)26)17-5-7-18(8-6-17)32(34)35/h5-8,10-11,15-16H,9,12-14H2,1-4H3/t15-,16-/m1/s1. The van der Waals surface area contributed by atoms with Crippen LogP contribution in [0.5, 0.6) is 11.5 Å². The van der Waals surface area contributed by atoms with E-state index >= 15 is 0 Å². The van der Waals surface area contributed by atoms with E-state index in [9.17, 15) is 14.9 Å². The number of nitro benzene ring substituents is 1. The number of carbonyl (C=O) groups is 1. The molecule has 2 aromatic heterocycles. The number of amides is 1. The van der Waals surface area contributed by atoms with Gasteiger partial charge in [0.25, 0.3) is 5.69 Å². The third-order valence-corrected chi connectivity index (χ3v) is 7.54. The number of methoxy groups -OCH3 is 2. The summed E-state index contributed by atoms with van der Waals surface area (Å²) in [5.41, 5.74) is 1.75. The summed E-state index contributed by atoms with van der Waals surface area (Å²) in [6.45, 7) is 5.87. The third kappa shape index (κ3) is 4.95. The van der Waals surface area contributed by atoms with Crippen LogP contribution in [-0.4, -0.2) is 68.4 Å². The van der Waals surface area contributed by atoms with Crippen molar-refractivity contribution in [2.75, 3.05) is 33.1 Å². The lowest BCUT2D eigenvalue weighted by atomic mass is 9.92. The van der Waals surface area contributed by atoms with E-state index in [1.54, 1.807) is 43.0 Å². The van der Waals surface area contributed by atoms with Crippen LogP contribution >= 0.6 is 11.8 Å². The number of non-ortho nitro benzene ring substituents is 1. The highest BCUT2D eigenvalue weighted by Gasteiger charge is 2.26. The quantitative estimate of drug-likeness (QED) is 0.146. The predicted octanol–water partition coefficient (Wildman–Crippen LogP) is 4.47. The number of hydrogen-bond acceptors (Lipinski definition) is 9. The van der Waals surface area contributed by atoms with Crippen LogP contribution in [0, 0.1) is 22.0 Å². The van der Waals surface area contributed by atoms with E-state index in [1.807, 2.05) is 4.90 Å². The molecule has 0 bridgehead atoms. The fourth-order valence-electron chi connectivity index (χ4n) is 4.94. The molecule has 1 amide bonds. The zero-order valence-electron chi connectivity index (χ0n) is 21.6. The number of ether oxygens (including phenoxy) is 2. The van der Waals surface area contributed by atoms with Gasteiger partial charge >= 0.3 is 0 Å². The number of carbonyl (C=O) groups excluding carboxylic acids is 1. The summed E-state index contributed by atoms with van der Waals surface area (Å²) in [5.74, 6) is 2.65. The highest BCUT2D eigenvalue weighted by Crippen LogP contribution is 2.35. The monoisotopic (exact) mass is 536 g/mol. The van der Waals surface area contributed by atoms with Crippen LogP contribution < -0.4 is 9.47 Å². The topological polar surface area (TPSA) is 125 Å². The predicted molar refractivity (Wildman–Crippen MR) is 144 cm³/mol. The Morgan fingerprint density at radius 1 is 1.08 bits per heavy atom. The van der Waals surface area contributed by atoms with Crippen LogP contribution in [0.15, 0.2) is 41.6 Å². The summed E-state index contributed by atoms with van der Waals surface area (Å²) in [6.07, 6.45) is 1.12. The first-order valence-corrected chi connectivity index (χ1v) is 13.2. The first-order valence-electron chi connectivity index (χ1n) is 12.2. The van der Waals surface area contributed by atoms with Gasteiger partial charge in [0.15, 0.2) is 28.1 Å². The van der Waals surface area contributed by atoms with Crippen molar-refractivity contribution < 1.29 is 19.2 Å². The number of fused-ring (bicyclic) bond motifs is 3. The van der Waals surface area contributed by atoms with E-state index in [4.69, 9.17) is 19.4 Å². The van der Waals surface area contributed by atoms with Crippen LogP contribution in [0.1, 0.15) is 20.3 Å². The average molecular weight is 537 g/mol. The number of nitrogens with zero attached hydrogens (tertiary/aromatic N) is 6. The molecule has 4 aromatic rings. The van der Waals surface area contributed by atoms with Crippen molar-refractivity contribution in [2.24, 2.45) is 11.8 Å². The van der Waals surface area contributed by atoms with E-state index < -0.39 is 4.92 Å². The van der Waals surface area contributed by atoms with Crippen LogP contribution in [-0.2, 0) is 4.79 Å². The minimum Gasteiger partial charge on any atom is -0.493 e. The lowest BCUT2D eigenvalue weighted by Crippen LogP contribution is -2.43. The van der Waals surface area contributed by atoms with Crippen LogP contribution in [0.4, 0.5) is 5.69 Å². The zero-order chi connectivity index (χ0) is 27.0. The molecule has 1 aliphatic rings. The van der Waals surface area contributed by atoms with Gasteiger partial charge in [-0.3, -0.25) is 14.9 Å². The zero-order valence-corrected chi connectivity index (χ0v) is 22.4. The Morgan fingerprint density at radius 2 is 1.74 bits per heavy atom. The molecule has 12 heteroatoms. The molecule has 198 valence electrons. The third-order valence-electron chi connectivity index (χ3n) is 6.63. The van der Waals surface area contributed by atoms with Gasteiger partial charge in [-0.05, 0) is 36.5 Å². The molecule has 0 N–H and O–H groups in total. The lowest BCUT2D eigenvalue weighted by molar-refractivity contribution is -0.384. The number of rotatable bonds is 7. The van der Waals surface area contributed by atoms with Crippen molar-refractivity contribution >= 4 is 39.9 Å². The van der Waals surface area contributed by atoms with E-state index in [0.29, 0.717) is 56.4 Å². The molecule has 5 rings (SSSR count). The molecule has 0 saturated carbocycles. The molecular formula is C26H28N6O5S. The Bertz CT molecular complexity index is 1510. The molecule has 2 atom stereocenters. The van der Waals surface area contributed by atoms with Gasteiger partial charge in [-0.25, -0.2) is 9.97 Å². The maximum atomic E-state index is 13.1. The van der Waals surface area contributed by atoms with Crippen molar-refractivity contribution in [3.8, 4) is 22.9 Å².